The van der Waals surface area contributed by atoms with Gasteiger partial charge < -0.3 is 9.64 Å². The van der Waals surface area contributed by atoms with E-state index in [0.717, 1.165) is 37.3 Å². The van der Waals surface area contributed by atoms with Crippen molar-refractivity contribution in [3.05, 3.63) is 42.2 Å². The molecule has 1 saturated heterocycles. The lowest BCUT2D eigenvalue weighted by Crippen LogP contribution is -2.37. The number of halogens is 1. The molecule has 0 aliphatic carbocycles. The largest absolute Gasteiger partial charge is 0.469 e. The molecule has 0 spiro atoms. The van der Waals surface area contributed by atoms with E-state index in [1.54, 1.807) is 12.1 Å². The van der Waals surface area contributed by atoms with Crippen LogP contribution >= 0.6 is 0 Å². The molecule has 0 unspecified atom stereocenters. The van der Waals surface area contributed by atoms with E-state index in [0.29, 0.717) is 5.69 Å². The molecule has 0 amide bonds. The van der Waals surface area contributed by atoms with E-state index in [4.69, 9.17) is 4.74 Å². The maximum atomic E-state index is 12.9. The molecule has 1 aromatic heterocycles. The van der Waals surface area contributed by atoms with Crippen molar-refractivity contribution in [2.45, 2.75) is 12.8 Å². The number of benzene rings is 1. The average Bonchev–Trinajstić information content (AvgIpc) is 2.62. The molecule has 6 heteroatoms. The fourth-order valence-electron chi connectivity index (χ4n) is 2.78. The predicted octanol–water partition coefficient (Wildman–Crippen LogP) is 2.67. The molecule has 3 rings (SSSR count). The third-order valence-corrected chi connectivity index (χ3v) is 4.14. The molecule has 1 aromatic carbocycles. The Morgan fingerprint density at radius 1 is 1.13 bits per heavy atom. The first-order valence-corrected chi connectivity index (χ1v) is 7.60. The number of ether oxygens (including phenoxy) is 1. The van der Waals surface area contributed by atoms with E-state index in [1.165, 1.54) is 19.2 Å². The van der Waals surface area contributed by atoms with Gasteiger partial charge in [-0.2, -0.15) is 0 Å². The van der Waals surface area contributed by atoms with Crippen LogP contribution in [0.4, 0.5) is 10.2 Å². The lowest BCUT2D eigenvalue weighted by Gasteiger charge is -2.31. The van der Waals surface area contributed by atoms with Gasteiger partial charge in [-0.15, -0.1) is 10.2 Å². The Hall–Kier alpha value is -2.50. The highest BCUT2D eigenvalue weighted by molar-refractivity contribution is 5.72. The van der Waals surface area contributed by atoms with Crippen molar-refractivity contribution < 1.29 is 13.9 Å². The van der Waals surface area contributed by atoms with E-state index in [-0.39, 0.29) is 17.7 Å². The molecule has 2 aromatic rings. The fraction of sp³-hybridized carbons (Fsp3) is 0.353. The van der Waals surface area contributed by atoms with Gasteiger partial charge in [0.1, 0.15) is 5.82 Å². The highest BCUT2D eigenvalue weighted by Crippen LogP contribution is 2.24. The number of carbonyl (C=O) groups excluding carboxylic acids is 1. The van der Waals surface area contributed by atoms with Crippen LogP contribution in [-0.4, -0.2) is 36.4 Å². The van der Waals surface area contributed by atoms with Crippen LogP contribution in [0.25, 0.3) is 11.3 Å². The zero-order valence-electron chi connectivity index (χ0n) is 12.9. The van der Waals surface area contributed by atoms with Gasteiger partial charge in [0.2, 0.25) is 0 Å². The molecule has 5 nitrogen and oxygen atoms in total. The molecule has 1 fully saturated rings. The van der Waals surface area contributed by atoms with Gasteiger partial charge in [0, 0.05) is 18.7 Å². The summed E-state index contributed by atoms with van der Waals surface area (Å²) in [7, 11) is 1.42. The Morgan fingerprint density at radius 2 is 1.83 bits per heavy atom. The first-order valence-electron chi connectivity index (χ1n) is 7.60. The van der Waals surface area contributed by atoms with E-state index in [2.05, 4.69) is 15.1 Å². The van der Waals surface area contributed by atoms with Crippen molar-refractivity contribution in [2.75, 3.05) is 25.1 Å². The van der Waals surface area contributed by atoms with Crippen molar-refractivity contribution in [1.29, 1.82) is 0 Å². The number of rotatable bonds is 3. The summed E-state index contributed by atoms with van der Waals surface area (Å²) < 4.78 is 17.7. The normalized spacial score (nSPS) is 15.5. The number of hydrogen-bond donors (Lipinski definition) is 0. The number of piperidine rings is 1. The summed E-state index contributed by atoms with van der Waals surface area (Å²) in [5, 5.41) is 8.48. The van der Waals surface area contributed by atoms with Gasteiger partial charge in [-0.25, -0.2) is 4.39 Å². The highest BCUT2D eigenvalue weighted by atomic mass is 19.1. The van der Waals surface area contributed by atoms with Gasteiger partial charge in [-0.1, -0.05) is 0 Å². The molecule has 0 atom stereocenters. The minimum atomic E-state index is -0.271. The summed E-state index contributed by atoms with van der Waals surface area (Å²) in [5.74, 6) is 0.357. The Labute approximate surface area is 134 Å². The number of hydrogen-bond acceptors (Lipinski definition) is 5. The lowest BCUT2D eigenvalue weighted by atomic mass is 9.97. The van der Waals surface area contributed by atoms with Crippen LogP contribution in [0.15, 0.2) is 36.4 Å². The van der Waals surface area contributed by atoms with Gasteiger partial charge in [0.05, 0.1) is 18.7 Å². The van der Waals surface area contributed by atoms with Crippen molar-refractivity contribution in [1.82, 2.24) is 10.2 Å². The maximum absolute atomic E-state index is 12.9. The number of esters is 1. The van der Waals surface area contributed by atoms with Gasteiger partial charge in [0.25, 0.3) is 0 Å². The van der Waals surface area contributed by atoms with Crippen molar-refractivity contribution >= 4 is 11.8 Å². The van der Waals surface area contributed by atoms with Crippen LogP contribution in [0.1, 0.15) is 12.8 Å². The number of carbonyl (C=O) groups is 1. The average molecular weight is 315 g/mol. The molecule has 1 aliphatic heterocycles. The Kier molecular flexibility index (Phi) is 4.50. The standard InChI is InChI=1S/C17H18FN3O2/c1-23-17(22)13-8-10-21(11-9-13)16-7-6-15(19-20-16)12-2-4-14(18)5-3-12/h2-7,13H,8-11H2,1H3. The summed E-state index contributed by atoms with van der Waals surface area (Å²) in [6.45, 7) is 1.51. The van der Waals surface area contributed by atoms with Crippen molar-refractivity contribution in [2.24, 2.45) is 5.92 Å². The van der Waals surface area contributed by atoms with Crippen LogP contribution in [0.5, 0.6) is 0 Å². The second-order valence-corrected chi connectivity index (χ2v) is 5.57. The number of methoxy groups -OCH3 is 1. The Bertz CT molecular complexity index is 665. The zero-order valence-corrected chi connectivity index (χ0v) is 12.9. The van der Waals surface area contributed by atoms with Crippen LogP contribution in [-0.2, 0) is 9.53 Å². The molecule has 120 valence electrons. The number of anilines is 1. The van der Waals surface area contributed by atoms with Gasteiger partial charge in [0.15, 0.2) is 5.82 Å². The monoisotopic (exact) mass is 315 g/mol. The maximum Gasteiger partial charge on any atom is 0.308 e. The van der Waals surface area contributed by atoms with E-state index < -0.39 is 0 Å². The number of aromatic nitrogens is 2. The first kappa shape index (κ1) is 15.4. The first-order chi connectivity index (χ1) is 11.2. The van der Waals surface area contributed by atoms with Crippen LogP contribution in [0.2, 0.25) is 0 Å². The molecular formula is C17H18FN3O2. The predicted molar refractivity (Wildman–Crippen MR) is 84.4 cm³/mol. The number of nitrogens with zero attached hydrogens (tertiary/aromatic N) is 3. The van der Waals surface area contributed by atoms with Gasteiger partial charge >= 0.3 is 5.97 Å². The second kappa shape index (κ2) is 6.73. The summed E-state index contributed by atoms with van der Waals surface area (Å²) in [5.41, 5.74) is 1.54. The van der Waals surface area contributed by atoms with E-state index in [1.807, 2.05) is 12.1 Å². The van der Waals surface area contributed by atoms with Crippen LogP contribution in [0.3, 0.4) is 0 Å². The molecule has 0 bridgehead atoms. The van der Waals surface area contributed by atoms with Crippen LogP contribution < -0.4 is 4.90 Å². The van der Waals surface area contributed by atoms with Crippen molar-refractivity contribution in [3.63, 3.8) is 0 Å². The SMILES string of the molecule is COC(=O)C1CCN(c2ccc(-c3ccc(F)cc3)nn2)CC1. The molecule has 2 heterocycles. The summed E-state index contributed by atoms with van der Waals surface area (Å²) >= 11 is 0. The summed E-state index contributed by atoms with van der Waals surface area (Å²) in [6, 6.07) is 9.96. The molecule has 0 saturated carbocycles. The highest BCUT2D eigenvalue weighted by Gasteiger charge is 2.26. The van der Waals surface area contributed by atoms with E-state index in [9.17, 15) is 9.18 Å². The third kappa shape index (κ3) is 3.47. The molecule has 0 radical (unpaired) electrons. The van der Waals surface area contributed by atoms with E-state index >= 15 is 0 Å². The van der Waals surface area contributed by atoms with Gasteiger partial charge in [-0.05, 0) is 49.2 Å². The topological polar surface area (TPSA) is 55.3 Å². The third-order valence-electron chi connectivity index (χ3n) is 4.14. The van der Waals surface area contributed by atoms with Crippen molar-refractivity contribution in [3.8, 4) is 11.3 Å². The van der Waals surface area contributed by atoms with Crippen LogP contribution in [0, 0.1) is 11.7 Å². The summed E-state index contributed by atoms with van der Waals surface area (Å²) in [6.07, 6.45) is 1.52. The molecule has 1 aliphatic rings. The fourth-order valence-corrected chi connectivity index (χ4v) is 2.78. The summed E-state index contributed by atoms with van der Waals surface area (Å²) in [4.78, 5) is 13.7. The molecular weight excluding hydrogens is 297 g/mol. The Balaban J connectivity index is 1.66. The lowest BCUT2D eigenvalue weighted by molar-refractivity contribution is -0.146. The molecule has 0 N–H and O–H groups in total. The minimum absolute atomic E-state index is 0.0253. The zero-order chi connectivity index (χ0) is 16.2. The van der Waals surface area contributed by atoms with Gasteiger partial charge in [-0.3, -0.25) is 4.79 Å². The molecule has 23 heavy (non-hydrogen) atoms. The smallest absolute Gasteiger partial charge is 0.308 e. The Morgan fingerprint density at radius 3 is 2.39 bits per heavy atom. The minimum Gasteiger partial charge on any atom is -0.469 e. The quantitative estimate of drug-likeness (QED) is 0.815. The second-order valence-electron chi connectivity index (χ2n) is 5.57.